The van der Waals surface area contributed by atoms with Crippen LogP contribution in [-0.4, -0.2) is 33.8 Å². The van der Waals surface area contributed by atoms with Crippen LogP contribution in [0.2, 0.25) is 0 Å². The number of carbonyl (C=O) groups excluding carboxylic acids is 1. The van der Waals surface area contributed by atoms with Gasteiger partial charge in [-0.2, -0.15) is 0 Å². The number of nitrogens with one attached hydrogen (secondary N) is 1. The van der Waals surface area contributed by atoms with Crippen LogP contribution in [-0.2, 0) is 0 Å². The number of hydrogen-bond donors (Lipinski definition) is 1. The lowest BCUT2D eigenvalue weighted by Gasteiger charge is -2.00. The van der Waals surface area contributed by atoms with Crippen molar-refractivity contribution in [3.63, 3.8) is 0 Å². The summed E-state index contributed by atoms with van der Waals surface area (Å²) >= 11 is 1.20. The molecule has 1 N–H and O–H groups in total. The molecule has 0 saturated carbocycles. The first-order chi connectivity index (χ1) is 11.7. The van der Waals surface area contributed by atoms with Crippen LogP contribution >= 0.6 is 11.8 Å². The molecule has 1 aromatic heterocycles. The summed E-state index contributed by atoms with van der Waals surface area (Å²) in [6.45, 7) is 0. The van der Waals surface area contributed by atoms with E-state index >= 15 is 0 Å². The van der Waals surface area contributed by atoms with Gasteiger partial charge < -0.3 is 4.74 Å². The van der Waals surface area contributed by atoms with Crippen molar-refractivity contribution in [1.82, 2.24) is 15.2 Å². The van der Waals surface area contributed by atoms with E-state index in [0.717, 1.165) is 11.3 Å². The first kappa shape index (κ1) is 16.2. The minimum absolute atomic E-state index is 0.142. The summed E-state index contributed by atoms with van der Waals surface area (Å²) in [5.74, 6) is 0.913. The number of nitrogens with zero attached hydrogens (tertiary/aromatic N) is 2. The number of aromatic nitrogens is 3. The average Bonchev–Trinajstić information content (AvgIpc) is 3.09. The number of ether oxygens (including phenoxy) is 1. The SMILES string of the molecule is COc1ccc(-c2nc(SCC(=O)c3cccc(F)c3)n[nH]2)cc1. The van der Waals surface area contributed by atoms with E-state index in [1.54, 1.807) is 13.2 Å². The second-order valence-corrected chi connectivity index (χ2v) is 5.86. The van der Waals surface area contributed by atoms with Gasteiger partial charge in [-0.05, 0) is 36.4 Å². The molecule has 2 aromatic carbocycles. The van der Waals surface area contributed by atoms with Crippen LogP contribution in [0.4, 0.5) is 4.39 Å². The highest BCUT2D eigenvalue weighted by Gasteiger charge is 2.11. The minimum atomic E-state index is -0.425. The molecule has 1 heterocycles. The Morgan fingerprint density at radius 2 is 2.04 bits per heavy atom. The maximum absolute atomic E-state index is 13.1. The largest absolute Gasteiger partial charge is 0.497 e. The Labute approximate surface area is 142 Å². The van der Waals surface area contributed by atoms with E-state index < -0.39 is 5.82 Å². The molecule has 122 valence electrons. The summed E-state index contributed by atoms with van der Waals surface area (Å²) in [5, 5.41) is 7.39. The fourth-order valence-electron chi connectivity index (χ4n) is 2.06. The average molecular weight is 343 g/mol. The summed E-state index contributed by atoms with van der Waals surface area (Å²) in [5.41, 5.74) is 1.21. The van der Waals surface area contributed by atoms with Crippen LogP contribution in [0.3, 0.4) is 0 Å². The predicted octanol–water partition coefficient (Wildman–Crippen LogP) is 3.59. The van der Waals surface area contributed by atoms with E-state index in [1.165, 1.54) is 30.0 Å². The topological polar surface area (TPSA) is 67.9 Å². The number of aromatic amines is 1. The number of thioether (sulfide) groups is 1. The van der Waals surface area contributed by atoms with Crippen molar-refractivity contribution in [2.45, 2.75) is 5.16 Å². The monoisotopic (exact) mass is 343 g/mol. The molecule has 5 nitrogen and oxygen atoms in total. The normalized spacial score (nSPS) is 10.6. The Morgan fingerprint density at radius 3 is 2.75 bits per heavy atom. The van der Waals surface area contributed by atoms with Gasteiger partial charge in [-0.25, -0.2) is 9.37 Å². The molecule has 0 atom stereocenters. The smallest absolute Gasteiger partial charge is 0.209 e. The maximum Gasteiger partial charge on any atom is 0.209 e. The van der Waals surface area contributed by atoms with Gasteiger partial charge in [0, 0.05) is 11.1 Å². The zero-order chi connectivity index (χ0) is 16.9. The number of carbonyl (C=O) groups is 1. The number of benzene rings is 2. The molecule has 3 aromatic rings. The highest BCUT2D eigenvalue weighted by atomic mass is 32.2. The van der Waals surface area contributed by atoms with Gasteiger partial charge in [0.1, 0.15) is 11.6 Å². The number of halogens is 1. The molecule has 0 aliphatic rings. The first-order valence-electron chi connectivity index (χ1n) is 7.14. The quantitative estimate of drug-likeness (QED) is 0.547. The van der Waals surface area contributed by atoms with Crippen molar-refractivity contribution in [2.75, 3.05) is 12.9 Å². The molecule has 0 aliphatic carbocycles. The molecule has 24 heavy (non-hydrogen) atoms. The van der Waals surface area contributed by atoms with E-state index in [1.807, 2.05) is 24.3 Å². The van der Waals surface area contributed by atoms with Crippen molar-refractivity contribution >= 4 is 17.5 Å². The van der Waals surface area contributed by atoms with E-state index in [-0.39, 0.29) is 11.5 Å². The van der Waals surface area contributed by atoms with Gasteiger partial charge in [0.05, 0.1) is 12.9 Å². The highest BCUT2D eigenvalue weighted by Crippen LogP contribution is 2.22. The lowest BCUT2D eigenvalue weighted by atomic mass is 10.1. The summed E-state index contributed by atoms with van der Waals surface area (Å²) in [6, 6.07) is 13.0. The van der Waals surface area contributed by atoms with Gasteiger partial charge in [0.25, 0.3) is 0 Å². The van der Waals surface area contributed by atoms with Gasteiger partial charge in [-0.3, -0.25) is 9.89 Å². The van der Waals surface area contributed by atoms with Crippen molar-refractivity contribution in [2.24, 2.45) is 0 Å². The molecule has 0 aliphatic heterocycles. The summed E-state index contributed by atoms with van der Waals surface area (Å²) in [4.78, 5) is 16.4. The molecule has 0 amide bonds. The molecule has 3 rings (SSSR count). The standard InChI is InChI=1S/C17H14FN3O2S/c1-23-14-7-5-11(6-8-14)16-19-17(21-20-16)24-10-15(22)12-3-2-4-13(18)9-12/h2-9H,10H2,1H3,(H,19,20,21). The Hall–Kier alpha value is -2.67. The highest BCUT2D eigenvalue weighted by molar-refractivity contribution is 7.99. The Balaban J connectivity index is 1.64. The third-order valence-electron chi connectivity index (χ3n) is 3.31. The fraction of sp³-hybridized carbons (Fsp3) is 0.118. The number of H-pyrrole nitrogens is 1. The van der Waals surface area contributed by atoms with Crippen LogP contribution in [0.1, 0.15) is 10.4 Å². The van der Waals surface area contributed by atoms with E-state index in [0.29, 0.717) is 16.5 Å². The zero-order valence-electron chi connectivity index (χ0n) is 12.8. The number of ketones is 1. The lowest BCUT2D eigenvalue weighted by Crippen LogP contribution is -2.02. The molecule has 7 heteroatoms. The number of methoxy groups -OCH3 is 1. The van der Waals surface area contributed by atoms with Gasteiger partial charge in [-0.1, -0.05) is 23.9 Å². The van der Waals surface area contributed by atoms with Crippen molar-refractivity contribution in [3.8, 4) is 17.1 Å². The van der Waals surface area contributed by atoms with Gasteiger partial charge in [0.2, 0.25) is 5.16 Å². The third-order valence-corrected chi connectivity index (χ3v) is 4.15. The lowest BCUT2D eigenvalue weighted by molar-refractivity contribution is 0.102. The van der Waals surface area contributed by atoms with Crippen LogP contribution in [0.15, 0.2) is 53.7 Å². The summed E-state index contributed by atoms with van der Waals surface area (Å²) in [6.07, 6.45) is 0. The summed E-state index contributed by atoms with van der Waals surface area (Å²) in [7, 11) is 1.60. The van der Waals surface area contributed by atoms with Gasteiger partial charge in [0.15, 0.2) is 11.6 Å². The van der Waals surface area contributed by atoms with Crippen LogP contribution in [0, 0.1) is 5.82 Å². The molecule has 0 saturated heterocycles. The Kier molecular flexibility index (Phi) is 4.90. The number of Topliss-reactive ketones (excluding diaryl/α,β-unsaturated/α-hetero) is 1. The van der Waals surface area contributed by atoms with Gasteiger partial charge in [-0.15, -0.1) is 5.10 Å². The zero-order valence-corrected chi connectivity index (χ0v) is 13.6. The van der Waals surface area contributed by atoms with Crippen molar-refractivity contribution < 1.29 is 13.9 Å². The molecule has 0 unspecified atom stereocenters. The molecule has 0 bridgehead atoms. The molecule has 0 fully saturated rings. The second-order valence-electron chi connectivity index (χ2n) is 4.92. The molecule has 0 spiro atoms. The third kappa shape index (κ3) is 3.80. The predicted molar refractivity (Wildman–Crippen MR) is 89.8 cm³/mol. The van der Waals surface area contributed by atoms with E-state index in [4.69, 9.17) is 4.74 Å². The Morgan fingerprint density at radius 1 is 1.25 bits per heavy atom. The second kappa shape index (κ2) is 7.27. The molecular weight excluding hydrogens is 329 g/mol. The Bertz CT molecular complexity index is 849. The van der Waals surface area contributed by atoms with E-state index in [9.17, 15) is 9.18 Å². The van der Waals surface area contributed by atoms with Crippen molar-refractivity contribution in [3.05, 3.63) is 59.9 Å². The summed E-state index contributed by atoms with van der Waals surface area (Å²) < 4.78 is 18.2. The minimum Gasteiger partial charge on any atom is -0.497 e. The molecular formula is C17H14FN3O2S. The number of hydrogen-bond acceptors (Lipinski definition) is 5. The van der Waals surface area contributed by atoms with Crippen LogP contribution in [0.5, 0.6) is 5.75 Å². The maximum atomic E-state index is 13.1. The van der Waals surface area contributed by atoms with Crippen LogP contribution in [0.25, 0.3) is 11.4 Å². The molecule has 0 radical (unpaired) electrons. The number of rotatable bonds is 6. The fourth-order valence-corrected chi connectivity index (χ4v) is 2.76. The van der Waals surface area contributed by atoms with E-state index in [2.05, 4.69) is 15.2 Å². The first-order valence-corrected chi connectivity index (χ1v) is 8.12. The van der Waals surface area contributed by atoms with Crippen molar-refractivity contribution in [1.29, 1.82) is 0 Å². The van der Waals surface area contributed by atoms with Crippen LogP contribution < -0.4 is 4.74 Å². The van der Waals surface area contributed by atoms with Gasteiger partial charge >= 0.3 is 0 Å².